The fourth-order valence-corrected chi connectivity index (χ4v) is 2.28. The van der Waals surface area contributed by atoms with E-state index in [1.807, 2.05) is 6.92 Å². The van der Waals surface area contributed by atoms with Crippen molar-refractivity contribution in [2.45, 2.75) is 13.5 Å². The molecule has 1 amide bonds. The zero-order chi connectivity index (χ0) is 15.6. The van der Waals surface area contributed by atoms with Crippen molar-refractivity contribution in [2.75, 3.05) is 5.32 Å². The molecule has 1 aromatic carbocycles. The van der Waals surface area contributed by atoms with Gasteiger partial charge in [0, 0.05) is 24.9 Å². The Morgan fingerprint density at radius 3 is 2.86 bits per heavy atom. The van der Waals surface area contributed by atoms with Crippen LogP contribution in [0.5, 0.6) is 0 Å². The average Bonchev–Trinajstić information content (AvgIpc) is 2.82. The summed E-state index contributed by atoms with van der Waals surface area (Å²) in [7, 11) is 0. The summed E-state index contributed by atoms with van der Waals surface area (Å²) in [5, 5.41) is 17.6. The predicted octanol–water partition coefficient (Wildman–Crippen LogP) is 3.48. The van der Waals surface area contributed by atoms with E-state index in [9.17, 15) is 14.9 Å². The van der Waals surface area contributed by atoms with E-state index in [0.29, 0.717) is 11.0 Å². The van der Waals surface area contributed by atoms with E-state index < -0.39 is 10.8 Å². The number of nitro benzene ring substituents is 1. The second kappa shape index (κ2) is 6.23. The van der Waals surface area contributed by atoms with Crippen LogP contribution >= 0.6 is 27.5 Å². The van der Waals surface area contributed by atoms with E-state index in [1.54, 1.807) is 10.9 Å². The maximum Gasteiger partial charge on any atom is 0.277 e. The molecule has 0 radical (unpaired) electrons. The summed E-state index contributed by atoms with van der Waals surface area (Å²) < 4.78 is 2.12. The first-order valence-corrected chi connectivity index (χ1v) is 7.07. The molecule has 110 valence electrons. The van der Waals surface area contributed by atoms with Gasteiger partial charge in [-0.25, -0.2) is 0 Å². The van der Waals surface area contributed by atoms with Crippen LogP contribution in [0, 0.1) is 10.1 Å². The summed E-state index contributed by atoms with van der Waals surface area (Å²) in [6, 6.07) is 3.82. The number of hydrogen-bond donors (Lipinski definition) is 1. The Morgan fingerprint density at radius 2 is 2.29 bits per heavy atom. The van der Waals surface area contributed by atoms with Gasteiger partial charge >= 0.3 is 0 Å². The number of amides is 1. The largest absolute Gasteiger partial charge is 0.319 e. The first kappa shape index (κ1) is 15.5. The van der Waals surface area contributed by atoms with Gasteiger partial charge in [-0.05, 0) is 28.9 Å². The van der Waals surface area contributed by atoms with Gasteiger partial charge < -0.3 is 5.32 Å². The molecule has 0 atom stereocenters. The molecule has 2 rings (SSSR count). The Balaban J connectivity index is 2.28. The number of nitro groups is 1. The molecule has 0 fully saturated rings. The van der Waals surface area contributed by atoms with Crippen LogP contribution in [0.3, 0.4) is 0 Å². The summed E-state index contributed by atoms with van der Waals surface area (Å²) in [5.41, 5.74) is 0.182. The molecule has 9 heteroatoms. The first-order chi connectivity index (χ1) is 9.92. The third-order valence-corrected chi connectivity index (χ3v) is 3.57. The van der Waals surface area contributed by atoms with Gasteiger partial charge in [-0.2, -0.15) is 5.10 Å². The fourth-order valence-electron chi connectivity index (χ4n) is 1.62. The highest BCUT2D eigenvalue weighted by molar-refractivity contribution is 9.10. The number of nitrogens with one attached hydrogen (secondary N) is 1. The van der Waals surface area contributed by atoms with Gasteiger partial charge in [-0.15, -0.1) is 0 Å². The van der Waals surface area contributed by atoms with Crippen LogP contribution in [0.15, 0.2) is 28.9 Å². The highest BCUT2D eigenvalue weighted by Gasteiger charge is 2.18. The molecule has 21 heavy (non-hydrogen) atoms. The minimum atomic E-state index is -0.562. The number of aryl methyl sites for hydroxylation is 1. The van der Waals surface area contributed by atoms with Crippen LogP contribution in [0.2, 0.25) is 5.02 Å². The molecular formula is C12H10BrClN4O3. The zero-order valence-corrected chi connectivity index (χ0v) is 13.2. The van der Waals surface area contributed by atoms with Gasteiger partial charge in [-0.1, -0.05) is 11.6 Å². The number of anilines is 1. The quantitative estimate of drug-likeness (QED) is 0.656. The van der Waals surface area contributed by atoms with Gasteiger partial charge in [0.25, 0.3) is 11.6 Å². The Bertz CT molecular complexity index is 717. The molecule has 0 saturated carbocycles. The van der Waals surface area contributed by atoms with Gasteiger partial charge in [0.05, 0.1) is 20.1 Å². The van der Waals surface area contributed by atoms with Crippen molar-refractivity contribution in [3.63, 3.8) is 0 Å². The lowest BCUT2D eigenvalue weighted by atomic mass is 10.2. The number of halogens is 2. The van der Waals surface area contributed by atoms with E-state index in [4.69, 9.17) is 11.6 Å². The highest BCUT2D eigenvalue weighted by Crippen LogP contribution is 2.27. The number of rotatable bonds is 4. The van der Waals surface area contributed by atoms with Gasteiger partial charge in [-0.3, -0.25) is 19.6 Å². The second-order valence-corrected chi connectivity index (χ2v) is 5.32. The third kappa shape index (κ3) is 3.40. The van der Waals surface area contributed by atoms with Crippen molar-refractivity contribution in [1.29, 1.82) is 0 Å². The normalized spacial score (nSPS) is 10.4. The van der Waals surface area contributed by atoms with Crippen molar-refractivity contribution in [1.82, 2.24) is 9.78 Å². The van der Waals surface area contributed by atoms with E-state index in [0.717, 1.165) is 0 Å². The Hall–Kier alpha value is -1.93. The lowest BCUT2D eigenvalue weighted by molar-refractivity contribution is -0.384. The summed E-state index contributed by atoms with van der Waals surface area (Å²) in [4.78, 5) is 22.3. The summed E-state index contributed by atoms with van der Waals surface area (Å²) in [5.74, 6) is -0.503. The molecular weight excluding hydrogens is 364 g/mol. The van der Waals surface area contributed by atoms with E-state index in [2.05, 4.69) is 26.3 Å². The maximum atomic E-state index is 12.2. The van der Waals surface area contributed by atoms with E-state index >= 15 is 0 Å². The predicted molar refractivity (Wildman–Crippen MR) is 81.7 cm³/mol. The van der Waals surface area contributed by atoms with Crippen LogP contribution in [-0.2, 0) is 6.54 Å². The summed E-state index contributed by atoms with van der Waals surface area (Å²) in [6.45, 7) is 2.50. The van der Waals surface area contributed by atoms with Gasteiger partial charge in [0.2, 0.25) is 0 Å². The van der Waals surface area contributed by atoms with Gasteiger partial charge in [0.1, 0.15) is 0 Å². The van der Waals surface area contributed by atoms with Crippen molar-refractivity contribution >= 4 is 44.8 Å². The lowest BCUT2D eigenvalue weighted by Gasteiger charge is -2.05. The number of hydrogen-bond acceptors (Lipinski definition) is 4. The molecule has 1 N–H and O–H groups in total. The van der Waals surface area contributed by atoms with E-state index in [-0.39, 0.29) is 22.1 Å². The Labute approximate surface area is 133 Å². The van der Waals surface area contributed by atoms with Gasteiger partial charge in [0.15, 0.2) is 5.69 Å². The van der Waals surface area contributed by atoms with Crippen LogP contribution in [-0.4, -0.2) is 20.6 Å². The van der Waals surface area contributed by atoms with Crippen LogP contribution in [0.25, 0.3) is 0 Å². The minimum Gasteiger partial charge on any atom is -0.319 e. The third-order valence-electron chi connectivity index (χ3n) is 2.67. The average molecular weight is 374 g/mol. The Morgan fingerprint density at radius 1 is 1.57 bits per heavy atom. The smallest absolute Gasteiger partial charge is 0.277 e. The second-order valence-electron chi connectivity index (χ2n) is 4.06. The molecule has 0 aliphatic rings. The molecule has 1 aromatic heterocycles. The number of aromatic nitrogens is 2. The fraction of sp³-hybridized carbons (Fsp3) is 0.167. The Kier molecular flexibility index (Phi) is 4.59. The van der Waals surface area contributed by atoms with Crippen molar-refractivity contribution in [2.24, 2.45) is 0 Å². The monoisotopic (exact) mass is 372 g/mol. The number of nitrogens with zero attached hydrogens (tertiary/aromatic N) is 3. The number of carbonyl (C=O) groups is 1. The molecule has 0 aliphatic heterocycles. The molecule has 0 bridgehead atoms. The van der Waals surface area contributed by atoms with Crippen molar-refractivity contribution in [3.8, 4) is 0 Å². The van der Waals surface area contributed by atoms with Crippen LogP contribution in [0.1, 0.15) is 17.4 Å². The maximum absolute atomic E-state index is 12.2. The minimum absolute atomic E-state index is 0.159. The first-order valence-electron chi connectivity index (χ1n) is 5.90. The lowest BCUT2D eigenvalue weighted by Crippen LogP contribution is -2.14. The molecule has 7 nitrogen and oxygen atoms in total. The molecule has 0 unspecified atom stereocenters. The highest BCUT2D eigenvalue weighted by atomic mass is 79.9. The SMILES string of the molecule is CCn1cc(Br)c(C(=O)Nc2cc([N+](=O)[O-])ccc2Cl)n1. The molecule has 0 saturated heterocycles. The van der Waals surface area contributed by atoms with E-state index in [1.165, 1.54) is 18.2 Å². The number of non-ortho nitro benzene ring substituents is 1. The zero-order valence-electron chi connectivity index (χ0n) is 10.8. The molecule has 1 heterocycles. The molecule has 0 spiro atoms. The summed E-state index contributed by atoms with van der Waals surface area (Å²) in [6.07, 6.45) is 1.67. The van der Waals surface area contributed by atoms with Crippen LogP contribution < -0.4 is 5.32 Å². The summed E-state index contributed by atoms with van der Waals surface area (Å²) >= 11 is 9.17. The van der Waals surface area contributed by atoms with Crippen molar-refractivity contribution < 1.29 is 9.72 Å². The number of benzene rings is 1. The standard InChI is InChI=1S/C12H10BrClN4O3/c1-2-17-6-8(13)11(16-17)12(19)15-10-5-7(18(20)21)3-4-9(10)14/h3-6H,2H2,1H3,(H,15,19). The topological polar surface area (TPSA) is 90.1 Å². The molecule has 2 aromatic rings. The number of carbonyl (C=O) groups excluding carboxylic acids is 1. The molecule has 0 aliphatic carbocycles. The van der Waals surface area contributed by atoms with Crippen molar-refractivity contribution in [3.05, 3.63) is 49.7 Å². The van der Waals surface area contributed by atoms with Crippen LogP contribution in [0.4, 0.5) is 11.4 Å².